The van der Waals surface area contributed by atoms with Crippen molar-refractivity contribution in [3.8, 4) is 0 Å². The Labute approximate surface area is 118 Å². The molecule has 0 aliphatic rings. The first-order valence-electron chi connectivity index (χ1n) is 5.25. The van der Waals surface area contributed by atoms with Gasteiger partial charge in [-0.25, -0.2) is 19.1 Å². The Hall–Kier alpha value is 0.244. The van der Waals surface area contributed by atoms with Crippen molar-refractivity contribution in [2.75, 3.05) is 14.2 Å². The van der Waals surface area contributed by atoms with Crippen LogP contribution >= 0.6 is 0 Å². The van der Waals surface area contributed by atoms with Gasteiger partial charge in [0.2, 0.25) is 0 Å². The SMILES string of the molecule is C=C[CH-]CCCCCCC.CO.CO.[CH3-].[Ti+2]. The van der Waals surface area contributed by atoms with E-state index in [2.05, 4.69) is 19.9 Å². The van der Waals surface area contributed by atoms with E-state index in [1.165, 1.54) is 38.5 Å². The van der Waals surface area contributed by atoms with Crippen LogP contribution in [0, 0.1) is 13.8 Å². The fourth-order valence-electron chi connectivity index (χ4n) is 0.984. The number of unbranched alkanes of at least 4 members (excludes halogenated alkanes) is 6. The molecule has 0 rings (SSSR count). The minimum atomic E-state index is 0. The van der Waals surface area contributed by atoms with Crippen LogP contribution in [0.25, 0.3) is 0 Å². The summed E-state index contributed by atoms with van der Waals surface area (Å²) in [4.78, 5) is 0. The zero-order valence-electron chi connectivity index (χ0n) is 11.5. The molecule has 0 saturated carbocycles. The van der Waals surface area contributed by atoms with Gasteiger partial charge in [-0.05, 0) is 0 Å². The van der Waals surface area contributed by atoms with E-state index in [1.807, 2.05) is 6.08 Å². The molecule has 0 atom stereocenters. The van der Waals surface area contributed by atoms with Crippen LogP contribution in [0.1, 0.15) is 45.4 Å². The second kappa shape index (κ2) is 45.5. The van der Waals surface area contributed by atoms with Crippen LogP contribution in [0.5, 0.6) is 0 Å². The Morgan fingerprint density at radius 1 is 1.00 bits per heavy atom. The van der Waals surface area contributed by atoms with E-state index in [4.69, 9.17) is 10.2 Å². The predicted octanol–water partition coefficient (Wildman–Crippen LogP) is 3.40. The number of aliphatic hydroxyl groups excluding tert-OH is 2. The van der Waals surface area contributed by atoms with Crippen molar-refractivity contribution < 1.29 is 31.9 Å². The van der Waals surface area contributed by atoms with E-state index < -0.39 is 0 Å². The van der Waals surface area contributed by atoms with E-state index >= 15 is 0 Å². The molecular formula is C13H30O2Ti. The predicted molar refractivity (Wildman–Crippen MR) is 70.6 cm³/mol. The van der Waals surface area contributed by atoms with Gasteiger partial charge in [-0.15, -0.1) is 6.42 Å². The van der Waals surface area contributed by atoms with Crippen molar-refractivity contribution in [1.82, 2.24) is 0 Å². The van der Waals surface area contributed by atoms with Crippen molar-refractivity contribution in [2.24, 2.45) is 0 Å². The van der Waals surface area contributed by atoms with Crippen LogP contribution in [-0.2, 0) is 21.7 Å². The first-order valence-corrected chi connectivity index (χ1v) is 5.25. The smallest absolute Gasteiger partial charge is 0.400 e. The number of aliphatic hydroxyl groups is 2. The molecule has 2 nitrogen and oxygen atoms in total. The van der Waals surface area contributed by atoms with Gasteiger partial charge in [-0.1, -0.05) is 39.0 Å². The molecule has 0 aliphatic carbocycles. The Morgan fingerprint density at radius 3 is 1.81 bits per heavy atom. The molecule has 0 fully saturated rings. The zero-order chi connectivity index (χ0) is 11.7. The van der Waals surface area contributed by atoms with Gasteiger partial charge in [0.15, 0.2) is 0 Å². The van der Waals surface area contributed by atoms with Gasteiger partial charge in [-0.2, -0.15) is 0 Å². The minimum Gasteiger partial charge on any atom is -0.400 e. The van der Waals surface area contributed by atoms with Crippen molar-refractivity contribution in [3.05, 3.63) is 26.5 Å². The summed E-state index contributed by atoms with van der Waals surface area (Å²) < 4.78 is 0. The Morgan fingerprint density at radius 2 is 1.44 bits per heavy atom. The molecule has 2 N–H and O–H groups in total. The van der Waals surface area contributed by atoms with Gasteiger partial charge in [0.1, 0.15) is 0 Å². The Kier molecular flexibility index (Phi) is 84.9. The maximum Gasteiger partial charge on any atom is 2.00 e. The number of hydrogen-bond acceptors (Lipinski definition) is 2. The van der Waals surface area contributed by atoms with Crippen LogP contribution in [0.3, 0.4) is 0 Å². The second-order valence-electron chi connectivity index (χ2n) is 2.67. The summed E-state index contributed by atoms with van der Waals surface area (Å²) in [6, 6.07) is 0. The topological polar surface area (TPSA) is 40.5 Å². The Bertz CT molecular complexity index is 78.3. The third-order valence-corrected chi connectivity index (χ3v) is 1.64. The molecule has 0 aromatic carbocycles. The van der Waals surface area contributed by atoms with Gasteiger partial charge in [0.05, 0.1) is 0 Å². The van der Waals surface area contributed by atoms with Crippen molar-refractivity contribution >= 4 is 0 Å². The average Bonchev–Trinajstić information content (AvgIpc) is 2.29. The zero-order valence-corrected chi connectivity index (χ0v) is 13.1. The molecule has 0 heterocycles. The summed E-state index contributed by atoms with van der Waals surface area (Å²) in [5.41, 5.74) is 0. The van der Waals surface area contributed by atoms with E-state index in [1.54, 1.807) is 0 Å². The number of hydrogen-bond donors (Lipinski definition) is 2. The third kappa shape index (κ3) is 47.6. The fourth-order valence-corrected chi connectivity index (χ4v) is 0.984. The van der Waals surface area contributed by atoms with Crippen LogP contribution < -0.4 is 0 Å². The molecule has 0 bridgehead atoms. The summed E-state index contributed by atoms with van der Waals surface area (Å²) in [6.07, 6.45) is 12.1. The molecule has 0 aromatic rings. The van der Waals surface area contributed by atoms with E-state index in [-0.39, 0.29) is 29.1 Å². The van der Waals surface area contributed by atoms with Crippen LogP contribution in [-0.4, -0.2) is 24.4 Å². The molecular weight excluding hydrogens is 236 g/mol. The maximum absolute atomic E-state index is 7.00. The van der Waals surface area contributed by atoms with Crippen molar-refractivity contribution in [2.45, 2.75) is 45.4 Å². The van der Waals surface area contributed by atoms with Crippen LogP contribution in [0.15, 0.2) is 12.7 Å². The maximum atomic E-state index is 7.00. The number of rotatable bonds is 7. The molecule has 98 valence electrons. The van der Waals surface area contributed by atoms with Gasteiger partial charge < -0.3 is 17.6 Å². The standard InChI is InChI=1S/C10H19.2CH4O.CH3.Ti/c1-3-5-7-9-10-8-6-4-2;2*1-2;;/h3,5H,1,4,6-10H2,2H3;2*2H,1H3;1H3;/q-1;;;-1;+2. The van der Waals surface area contributed by atoms with E-state index in [9.17, 15) is 0 Å². The summed E-state index contributed by atoms with van der Waals surface area (Å²) in [5.74, 6) is 0. The van der Waals surface area contributed by atoms with Gasteiger partial charge >= 0.3 is 21.7 Å². The number of allylic oxidation sites excluding steroid dienone is 1. The summed E-state index contributed by atoms with van der Waals surface area (Å²) in [6.45, 7) is 5.88. The van der Waals surface area contributed by atoms with Gasteiger partial charge in [0.25, 0.3) is 0 Å². The first kappa shape index (κ1) is 29.9. The monoisotopic (exact) mass is 266 g/mol. The van der Waals surface area contributed by atoms with Crippen LogP contribution in [0.4, 0.5) is 0 Å². The summed E-state index contributed by atoms with van der Waals surface area (Å²) in [5, 5.41) is 14.0. The first-order chi connectivity index (χ1) is 6.91. The third-order valence-electron chi connectivity index (χ3n) is 1.64. The van der Waals surface area contributed by atoms with Crippen molar-refractivity contribution in [3.63, 3.8) is 0 Å². The molecule has 0 spiro atoms. The molecule has 0 radical (unpaired) electrons. The quantitative estimate of drug-likeness (QED) is 0.421. The summed E-state index contributed by atoms with van der Waals surface area (Å²) >= 11 is 0. The second-order valence-corrected chi connectivity index (χ2v) is 2.67. The van der Waals surface area contributed by atoms with Gasteiger partial charge in [-0.3, -0.25) is 0 Å². The molecule has 0 amide bonds. The molecule has 16 heavy (non-hydrogen) atoms. The molecule has 3 heteroatoms. The average molecular weight is 266 g/mol. The fraction of sp³-hybridized carbons (Fsp3) is 0.692. The largest absolute Gasteiger partial charge is 2.00 e. The molecule has 0 saturated heterocycles. The van der Waals surface area contributed by atoms with E-state index in [0.29, 0.717) is 0 Å². The summed E-state index contributed by atoms with van der Waals surface area (Å²) in [7, 11) is 2.00. The van der Waals surface area contributed by atoms with Gasteiger partial charge in [0, 0.05) is 14.2 Å². The molecule has 0 aliphatic heterocycles. The molecule has 0 unspecified atom stereocenters. The van der Waals surface area contributed by atoms with Crippen LogP contribution in [0.2, 0.25) is 0 Å². The Balaban J connectivity index is -0.0000000602. The van der Waals surface area contributed by atoms with E-state index in [0.717, 1.165) is 14.2 Å². The molecule has 0 aromatic heterocycles. The minimum absolute atomic E-state index is 0. The van der Waals surface area contributed by atoms with Crippen molar-refractivity contribution in [1.29, 1.82) is 0 Å². The normalized spacial score (nSPS) is 6.56.